The van der Waals surface area contributed by atoms with Crippen LogP contribution in [0.1, 0.15) is 26.7 Å². The van der Waals surface area contributed by atoms with Crippen molar-refractivity contribution in [1.82, 2.24) is 0 Å². The highest BCUT2D eigenvalue weighted by molar-refractivity contribution is 9.09. The van der Waals surface area contributed by atoms with Gasteiger partial charge in [-0.2, -0.15) is 0 Å². The first kappa shape index (κ1) is 20.5. The summed E-state index contributed by atoms with van der Waals surface area (Å²) in [6.45, 7) is 11.2. The molecule has 7 heteroatoms. The van der Waals surface area contributed by atoms with E-state index in [-0.39, 0.29) is 11.9 Å². The molecule has 0 heterocycles. The maximum Gasteiger partial charge on any atom is 0.333 e. The SMILES string of the molecule is C=C(C)C(=O)OCCCSSSCCCOC(=O)C(=C)C. The van der Waals surface area contributed by atoms with Crippen LogP contribution in [0, 0.1) is 0 Å². The summed E-state index contributed by atoms with van der Waals surface area (Å²) in [5, 5.41) is 0. The monoisotopic (exact) mass is 350 g/mol. The van der Waals surface area contributed by atoms with Crippen LogP contribution in [0.2, 0.25) is 0 Å². The van der Waals surface area contributed by atoms with Crippen LogP contribution in [0.4, 0.5) is 0 Å². The van der Waals surface area contributed by atoms with Gasteiger partial charge in [-0.25, -0.2) is 9.59 Å². The second-order valence-corrected chi connectivity index (χ2v) is 8.72. The van der Waals surface area contributed by atoms with Crippen molar-refractivity contribution in [3.8, 4) is 0 Å². The van der Waals surface area contributed by atoms with Crippen LogP contribution < -0.4 is 0 Å². The Balaban J connectivity index is 3.23. The first-order chi connectivity index (χ1) is 9.95. The first-order valence-electron chi connectivity index (χ1n) is 6.51. The second kappa shape index (κ2) is 13.2. The van der Waals surface area contributed by atoms with E-state index in [1.165, 1.54) is 0 Å². The smallest absolute Gasteiger partial charge is 0.333 e. The van der Waals surface area contributed by atoms with E-state index in [1.807, 2.05) is 0 Å². The quantitative estimate of drug-likeness (QED) is 0.228. The van der Waals surface area contributed by atoms with Crippen LogP contribution in [0.25, 0.3) is 0 Å². The Hall–Kier alpha value is -0.530. The molecule has 0 unspecified atom stereocenters. The fourth-order valence-electron chi connectivity index (χ4n) is 0.914. The van der Waals surface area contributed by atoms with Crippen LogP contribution in [0.3, 0.4) is 0 Å². The van der Waals surface area contributed by atoms with Gasteiger partial charge in [0.05, 0.1) is 13.2 Å². The van der Waals surface area contributed by atoms with Crippen LogP contribution in [-0.2, 0) is 19.1 Å². The largest absolute Gasteiger partial charge is 0.462 e. The summed E-state index contributed by atoms with van der Waals surface area (Å²) in [5.74, 6) is 1.19. The first-order valence-corrected chi connectivity index (χ1v) is 10.3. The summed E-state index contributed by atoms with van der Waals surface area (Å²) in [6, 6.07) is 0. The average molecular weight is 351 g/mol. The summed E-state index contributed by atoms with van der Waals surface area (Å²) < 4.78 is 9.96. The Kier molecular flexibility index (Phi) is 12.8. The maximum atomic E-state index is 11.1. The van der Waals surface area contributed by atoms with E-state index in [9.17, 15) is 9.59 Å². The zero-order chi connectivity index (χ0) is 16.1. The summed E-state index contributed by atoms with van der Waals surface area (Å²) >= 11 is 0. The van der Waals surface area contributed by atoms with E-state index >= 15 is 0 Å². The molecule has 0 saturated carbocycles. The Morgan fingerprint density at radius 1 is 0.857 bits per heavy atom. The number of hydrogen-bond donors (Lipinski definition) is 0. The van der Waals surface area contributed by atoms with E-state index in [1.54, 1.807) is 45.3 Å². The van der Waals surface area contributed by atoms with Gasteiger partial charge in [0.25, 0.3) is 0 Å². The predicted molar refractivity (Wildman–Crippen MR) is 93.3 cm³/mol. The molecule has 0 fully saturated rings. The van der Waals surface area contributed by atoms with Gasteiger partial charge in [-0.15, -0.1) is 0 Å². The number of esters is 2. The Labute approximate surface area is 138 Å². The zero-order valence-electron chi connectivity index (χ0n) is 12.5. The molecule has 0 aromatic carbocycles. The second-order valence-electron chi connectivity index (χ2n) is 4.25. The van der Waals surface area contributed by atoms with Gasteiger partial charge in [-0.05, 0) is 36.5 Å². The molecule has 0 radical (unpaired) electrons. The van der Waals surface area contributed by atoms with Crippen LogP contribution >= 0.6 is 31.4 Å². The highest BCUT2D eigenvalue weighted by Gasteiger charge is 2.03. The summed E-state index contributed by atoms with van der Waals surface area (Å²) in [4.78, 5) is 22.2. The third-order valence-corrected chi connectivity index (χ3v) is 6.42. The molecule has 0 spiro atoms. The molecule has 0 aliphatic carbocycles. The van der Waals surface area contributed by atoms with E-state index in [4.69, 9.17) is 9.47 Å². The minimum Gasteiger partial charge on any atom is -0.462 e. The number of carbonyl (C=O) groups is 2. The molecule has 4 nitrogen and oxygen atoms in total. The van der Waals surface area contributed by atoms with Gasteiger partial charge < -0.3 is 9.47 Å². The third-order valence-electron chi connectivity index (χ3n) is 2.00. The lowest BCUT2D eigenvalue weighted by molar-refractivity contribution is -0.139. The molecule has 0 saturated heterocycles. The molecule has 120 valence electrons. The van der Waals surface area contributed by atoms with Crippen molar-refractivity contribution in [2.45, 2.75) is 26.7 Å². The lowest BCUT2D eigenvalue weighted by Gasteiger charge is -2.04. The molecular formula is C14H22O4S3. The minimum atomic E-state index is -0.327. The predicted octanol–water partition coefficient (Wildman–Crippen LogP) is 4.03. The highest BCUT2D eigenvalue weighted by Crippen LogP contribution is 2.35. The molecule has 0 atom stereocenters. The van der Waals surface area contributed by atoms with Gasteiger partial charge in [0, 0.05) is 22.7 Å². The molecule has 21 heavy (non-hydrogen) atoms. The summed E-state index contributed by atoms with van der Waals surface area (Å²) in [7, 11) is 5.15. The fourth-order valence-corrected chi connectivity index (χ4v) is 4.75. The van der Waals surface area contributed by atoms with Gasteiger partial charge in [0.1, 0.15) is 0 Å². The fraction of sp³-hybridized carbons (Fsp3) is 0.571. The molecule has 0 aliphatic heterocycles. The Morgan fingerprint density at radius 3 is 1.57 bits per heavy atom. The molecular weight excluding hydrogens is 328 g/mol. The number of rotatable bonds is 12. The number of hydrogen-bond acceptors (Lipinski definition) is 7. The van der Waals surface area contributed by atoms with Crippen molar-refractivity contribution >= 4 is 43.4 Å². The van der Waals surface area contributed by atoms with Crippen molar-refractivity contribution in [1.29, 1.82) is 0 Å². The van der Waals surface area contributed by atoms with Crippen LogP contribution in [0.15, 0.2) is 24.3 Å². The lowest BCUT2D eigenvalue weighted by Crippen LogP contribution is -2.06. The third kappa shape index (κ3) is 12.9. The maximum absolute atomic E-state index is 11.1. The molecule has 0 amide bonds. The van der Waals surface area contributed by atoms with Gasteiger partial charge in [-0.3, -0.25) is 0 Å². The van der Waals surface area contributed by atoms with Crippen molar-refractivity contribution in [3.05, 3.63) is 24.3 Å². The normalized spacial score (nSPS) is 10.0. The van der Waals surface area contributed by atoms with Gasteiger partial charge >= 0.3 is 11.9 Å². The topological polar surface area (TPSA) is 52.6 Å². The molecule has 0 aromatic rings. The molecule has 0 rings (SSSR count). The highest BCUT2D eigenvalue weighted by atomic mass is 33.5. The molecule has 0 aromatic heterocycles. The van der Waals surface area contributed by atoms with Crippen molar-refractivity contribution < 1.29 is 19.1 Å². The van der Waals surface area contributed by atoms with Crippen LogP contribution in [-0.4, -0.2) is 36.7 Å². The van der Waals surface area contributed by atoms with Crippen molar-refractivity contribution in [2.75, 3.05) is 24.7 Å². The number of carbonyl (C=O) groups excluding carboxylic acids is 2. The number of ether oxygens (including phenoxy) is 2. The Bertz CT molecular complexity index is 335. The standard InChI is InChI=1S/C14H22O4S3/c1-11(2)13(15)17-7-5-9-19-21-20-10-6-8-18-14(16)12(3)4/h1,3,5-10H2,2,4H3. The minimum absolute atomic E-state index is 0.327. The van der Waals surface area contributed by atoms with Crippen molar-refractivity contribution in [3.63, 3.8) is 0 Å². The van der Waals surface area contributed by atoms with Crippen molar-refractivity contribution in [2.24, 2.45) is 0 Å². The lowest BCUT2D eigenvalue weighted by atomic mass is 10.4. The van der Waals surface area contributed by atoms with Gasteiger partial charge in [0.2, 0.25) is 0 Å². The molecule has 0 N–H and O–H groups in total. The van der Waals surface area contributed by atoms with Gasteiger partial charge in [-0.1, -0.05) is 34.7 Å². The van der Waals surface area contributed by atoms with E-state index in [2.05, 4.69) is 13.2 Å². The van der Waals surface area contributed by atoms with E-state index < -0.39 is 0 Å². The van der Waals surface area contributed by atoms with E-state index in [0.717, 1.165) is 24.3 Å². The molecule has 0 bridgehead atoms. The zero-order valence-corrected chi connectivity index (χ0v) is 15.0. The average Bonchev–Trinajstić information content (AvgIpc) is 2.43. The summed E-state index contributed by atoms with van der Waals surface area (Å²) in [6.07, 6.45) is 1.65. The van der Waals surface area contributed by atoms with Gasteiger partial charge in [0.15, 0.2) is 0 Å². The van der Waals surface area contributed by atoms with Crippen LogP contribution in [0.5, 0.6) is 0 Å². The molecule has 0 aliphatic rings. The van der Waals surface area contributed by atoms with E-state index in [0.29, 0.717) is 24.4 Å². The Morgan fingerprint density at radius 2 is 1.24 bits per heavy atom. The summed E-state index contributed by atoms with van der Waals surface area (Å²) in [5.41, 5.74) is 0.861.